The predicted octanol–water partition coefficient (Wildman–Crippen LogP) is 4.71. The van der Waals surface area contributed by atoms with Crippen molar-refractivity contribution in [1.29, 1.82) is 0 Å². The topological polar surface area (TPSA) is 43.4 Å². The Hall–Kier alpha value is -2.42. The van der Waals surface area contributed by atoms with Gasteiger partial charge in [-0.15, -0.1) is 0 Å². The first-order valence-corrected chi connectivity index (χ1v) is 9.98. The highest BCUT2D eigenvalue weighted by molar-refractivity contribution is 5.84. The molecule has 0 bridgehead atoms. The number of Topliss-reactive ketones (excluding diaryl/α,β-unsaturated/α-hetero) is 1. The van der Waals surface area contributed by atoms with Crippen molar-refractivity contribution in [1.82, 2.24) is 0 Å². The van der Waals surface area contributed by atoms with Gasteiger partial charge < -0.3 is 4.74 Å². The molecule has 0 aromatic heterocycles. The van der Waals surface area contributed by atoms with Gasteiger partial charge in [0.1, 0.15) is 6.61 Å². The molecule has 27 heavy (non-hydrogen) atoms. The van der Waals surface area contributed by atoms with Gasteiger partial charge in [0.25, 0.3) is 0 Å². The van der Waals surface area contributed by atoms with Gasteiger partial charge in [-0.1, -0.05) is 54.6 Å². The van der Waals surface area contributed by atoms with Crippen LogP contribution in [0.1, 0.15) is 48.8 Å². The van der Waals surface area contributed by atoms with Gasteiger partial charge in [0.2, 0.25) is 0 Å². The minimum atomic E-state index is -0.239. The minimum absolute atomic E-state index is 0.0465. The minimum Gasteiger partial charge on any atom is -0.458 e. The fourth-order valence-corrected chi connectivity index (χ4v) is 3.18. The molecule has 0 unspecified atom stereocenters. The van der Waals surface area contributed by atoms with Crippen molar-refractivity contribution in [3.05, 3.63) is 71.3 Å². The summed E-state index contributed by atoms with van der Waals surface area (Å²) in [5.74, 6) is 0.208. The van der Waals surface area contributed by atoms with Crippen molar-refractivity contribution in [2.75, 3.05) is 6.61 Å². The Labute approximate surface area is 161 Å². The van der Waals surface area contributed by atoms with Crippen LogP contribution in [0.3, 0.4) is 0 Å². The third-order valence-electron chi connectivity index (χ3n) is 4.99. The number of hydrogen-bond acceptors (Lipinski definition) is 3. The van der Waals surface area contributed by atoms with E-state index in [2.05, 4.69) is 36.4 Å². The summed E-state index contributed by atoms with van der Waals surface area (Å²) in [4.78, 5) is 23.5. The van der Waals surface area contributed by atoms with Crippen molar-refractivity contribution < 1.29 is 14.3 Å². The van der Waals surface area contributed by atoms with Crippen molar-refractivity contribution >= 4 is 11.8 Å². The molecular formula is C24H28O3. The first kappa shape index (κ1) is 19.3. The van der Waals surface area contributed by atoms with Gasteiger partial charge in [-0.3, -0.25) is 9.59 Å². The van der Waals surface area contributed by atoms with E-state index in [4.69, 9.17) is 4.74 Å². The van der Waals surface area contributed by atoms with Gasteiger partial charge in [0.05, 0.1) is 0 Å². The highest BCUT2D eigenvalue weighted by atomic mass is 16.5. The molecule has 2 aromatic carbocycles. The van der Waals surface area contributed by atoms with Crippen LogP contribution in [-0.4, -0.2) is 18.4 Å². The largest absolute Gasteiger partial charge is 0.458 e. The molecule has 0 N–H and O–H groups in total. The molecule has 0 aliphatic heterocycles. The summed E-state index contributed by atoms with van der Waals surface area (Å²) in [6, 6.07) is 18.8. The van der Waals surface area contributed by atoms with Crippen LogP contribution < -0.4 is 0 Å². The number of aryl methyl sites for hydroxylation is 2. The van der Waals surface area contributed by atoms with E-state index in [0.29, 0.717) is 18.8 Å². The monoisotopic (exact) mass is 364 g/mol. The smallest absolute Gasteiger partial charge is 0.306 e. The highest BCUT2D eigenvalue weighted by Crippen LogP contribution is 2.32. The van der Waals surface area contributed by atoms with E-state index < -0.39 is 0 Å². The molecule has 3 nitrogen and oxygen atoms in total. The molecule has 3 heteroatoms. The second-order valence-corrected chi connectivity index (χ2v) is 7.53. The van der Waals surface area contributed by atoms with Crippen LogP contribution in [-0.2, 0) is 33.6 Å². The lowest BCUT2D eigenvalue weighted by molar-refractivity contribution is -0.148. The van der Waals surface area contributed by atoms with Crippen LogP contribution in [0.2, 0.25) is 0 Å². The lowest BCUT2D eigenvalue weighted by atomic mass is 10.0. The maximum absolute atomic E-state index is 12.0. The molecule has 0 atom stereocenters. The Morgan fingerprint density at radius 3 is 2.04 bits per heavy atom. The van der Waals surface area contributed by atoms with Crippen LogP contribution >= 0.6 is 0 Å². The lowest BCUT2D eigenvalue weighted by Gasteiger charge is -2.06. The number of carbonyl (C=O) groups excluding carboxylic acids is 2. The van der Waals surface area contributed by atoms with E-state index in [9.17, 15) is 9.59 Å². The van der Waals surface area contributed by atoms with Gasteiger partial charge in [0.15, 0.2) is 5.78 Å². The molecule has 0 spiro atoms. The molecule has 1 saturated carbocycles. The first-order valence-electron chi connectivity index (χ1n) is 9.98. The Bertz CT molecular complexity index is 730. The van der Waals surface area contributed by atoms with E-state index in [-0.39, 0.29) is 18.4 Å². The van der Waals surface area contributed by atoms with Crippen molar-refractivity contribution in [3.8, 4) is 0 Å². The first-order chi connectivity index (χ1) is 13.2. The Morgan fingerprint density at radius 2 is 1.41 bits per heavy atom. The van der Waals surface area contributed by atoms with E-state index >= 15 is 0 Å². The maximum Gasteiger partial charge on any atom is 0.306 e. The number of benzene rings is 2. The number of ether oxygens (including phenoxy) is 1. The molecule has 142 valence electrons. The van der Waals surface area contributed by atoms with Crippen LogP contribution in [0.4, 0.5) is 0 Å². The van der Waals surface area contributed by atoms with Crippen LogP contribution in [0.25, 0.3) is 0 Å². The zero-order valence-electron chi connectivity index (χ0n) is 15.9. The quantitative estimate of drug-likeness (QED) is 0.428. The summed E-state index contributed by atoms with van der Waals surface area (Å²) in [5, 5.41) is 0. The van der Waals surface area contributed by atoms with E-state index in [1.54, 1.807) is 0 Å². The number of carbonyl (C=O) groups is 2. The van der Waals surface area contributed by atoms with Crippen LogP contribution in [0.15, 0.2) is 54.6 Å². The summed E-state index contributed by atoms with van der Waals surface area (Å²) in [6.07, 6.45) is 7.52. The SMILES string of the molecule is O=C(COC(=O)CC1CC1)Cc1ccc(CCCCc2ccccc2)cc1. The highest BCUT2D eigenvalue weighted by Gasteiger charge is 2.25. The third-order valence-corrected chi connectivity index (χ3v) is 4.99. The predicted molar refractivity (Wildman–Crippen MR) is 107 cm³/mol. The molecule has 1 aliphatic carbocycles. The number of esters is 1. The van der Waals surface area contributed by atoms with Crippen molar-refractivity contribution in [3.63, 3.8) is 0 Å². The second kappa shape index (κ2) is 10.1. The molecule has 0 heterocycles. The summed E-state index contributed by atoms with van der Waals surface area (Å²) in [5.41, 5.74) is 3.67. The van der Waals surface area contributed by atoms with Gasteiger partial charge in [0, 0.05) is 12.8 Å². The molecule has 1 fully saturated rings. The molecule has 2 aromatic rings. The van der Waals surface area contributed by atoms with Gasteiger partial charge in [-0.2, -0.15) is 0 Å². The fraction of sp³-hybridized carbons (Fsp3) is 0.417. The Morgan fingerprint density at radius 1 is 0.815 bits per heavy atom. The van der Waals surface area contributed by atoms with Crippen LogP contribution in [0, 0.1) is 5.92 Å². The van der Waals surface area contributed by atoms with E-state index in [0.717, 1.165) is 37.7 Å². The average molecular weight is 364 g/mol. The molecule has 0 radical (unpaired) electrons. The number of rotatable bonds is 11. The number of ketones is 1. The summed E-state index contributed by atoms with van der Waals surface area (Å²) >= 11 is 0. The molecule has 0 amide bonds. The standard InChI is InChI=1S/C24H28O3/c25-23(18-27-24(26)17-22-14-15-22)16-21-12-10-20(11-13-21)9-5-4-8-19-6-2-1-3-7-19/h1-3,6-7,10-13,22H,4-5,8-9,14-18H2. The van der Waals surface area contributed by atoms with Crippen LogP contribution in [0.5, 0.6) is 0 Å². The molecular weight excluding hydrogens is 336 g/mol. The summed E-state index contributed by atoms with van der Waals surface area (Å²) < 4.78 is 5.06. The lowest BCUT2D eigenvalue weighted by Crippen LogP contribution is -2.16. The Kier molecular flexibility index (Phi) is 7.20. The molecule has 3 rings (SSSR count). The van der Waals surface area contributed by atoms with E-state index in [1.165, 1.54) is 17.5 Å². The van der Waals surface area contributed by atoms with E-state index in [1.807, 2.05) is 18.2 Å². The van der Waals surface area contributed by atoms with Gasteiger partial charge in [-0.05, 0) is 61.1 Å². The number of unbranched alkanes of at least 4 members (excludes halogenated alkanes) is 1. The maximum atomic E-state index is 12.0. The summed E-state index contributed by atoms with van der Waals surface area (Å²) in [7, 11) is 0. The molecule has 0 saturated heterocycles. The van der Waals surface area contributed by atoms with Gasteiger partial charge in [-0.25, -0.2) is 0 Å². The normalized spacial score (nSPS) is 13.3. The fourth-order valence-electron chi connectivity index (χ4n) is 3.18. The second-order valence-electron chi connectivity index (χ2n) is 7.53. The van der Waals surface area contributed by atoms with Crippen molar-refractivity contribution in [2.24, 2.45) is 5.92 Å². The van der Waals surface area contributed by atoms with Crippen molar-refractivity contribution in [2.45, 2.75) is 51.4 Å². The summed E-state index contributed by atoms with van der Waals surface area (Å²) in [6.45, 7) is -0.104. The zero-order chi connectivity index (χ0) is 18.9. The zero-order valence-corrected chi connectivity index (χ0v) is 15.9. The Balaban J connectivity index is 1.32. The number of hydrogen-bond donors (Lipinski definition) is 0. The molecule has 1 aliphatic rings. The average Bonchev–Trinajstić information content (AvgIpc) is 3.50. The third kappa shape index (κ3) is 7.38. The van der Waals surface area contributed by atoms with Gasteiger partial charge >= 0.3 is 5.97 Å².